The summed E-state index contributed by atoms with van der Waals surface area (Å²) >= 11 is 0. The number of rotatable bonds is 2. The summed E-state index contributed by atoms with van der Waals surface area (Å²) in [6.07, 6.45) is -3.64. The number of nitrogens with zero attached hydrogens (tertiary/aromatic N) is 1. The minimum Gasteiger partial charge on any atom is -0.394 e. The van der Waals surface area contributed by atoms with E-state index in [0.29, 0.717) is 0 Å². The number of fused-ring (bicyclic) bond motifs is 1. The summed E-state index contributed by atoms with van der Waals surface area (Å²) in [4.78, 5) is 18.3. The molecule has 8 heteroatoms. The summed E-state index contributed by atoms with van der Waals surface area (Å²) in [6, 6.07) is 2.37. The number of hydrogen-bond donors (Lipinski definition) is 4. The molecule has 21 heavy (non-hydrogen) atoms. The third kappa shape index (κ3) is 2.22. The summed E-state index contributed by atoms with van der Waals surface area (Å²) in [7, 11) is 0. The molecule has 1 aliphatic rings. The second kappa shape index (κ2) is 5.15. The van der Waals surface area contributed by atoms with Crippen molar-refractivity contribution in [3.8, 4) is 0 Å². The van der Waals surface area contributed by atoms with Gasteiger partial charge in [0.2, 0.25) is 0 Å². The lowest BCUT2D eigenvalue weighted by Gasteiger charge is -2.14. The van der Waals surface area contributed by atoms with Crippen molar-refractivity contribution in [1.29, 1.82) is 0 Å². The smallest absolute Gasteiger partial charge is 0.255 e. The number of halogens is 1. The molecule has 4 N–H and O–H groups in total. The lowest BCUT2D eigenvalue weighted by atomic mass is 10.0. The number of aromatic amines is 1. The molecular formula is C13H13FN2O5. The number of pyridine rings is 2. The third-order valence-electron chi connectivity index (χ3n) is 3.58. The Bertz CT molecular complexity index is 734. The van der Waals surface area contributed by atoms with Gasteiger partial charge in [0.15, 0.2) is 0 Å². The van der Waals surface area contributed by atoms with Crippen LogP contribution in [0.1, 0.15) is 11.7 Å². The van der Waals surface area contributed by atoms with Gasteiger partial charge in [-0.2, -0.15) is 0 Å². The van der Waals surface area contributed by atoms with E-state index >= 15 is 0 Å². The van der Waals surface area contributed by atoms with Crippen molar-refractivity contribution in [2.75, 3.05) is 6.61 Å². The van der Waals surface area contributed by atoms with Gasteiger partial charge >= 0.3 is 0 Å². The largest absolute Gasteiger partial charge is 0.394 e. The topological polar surface area (TPSA) is 116 Å². The predicted octanol–water partition coefficient (Wildman–Crippen LogP) is -0.784. The molecule has 2 aromatic heterocycles. The molecule has 112 valence electrons. The number of H-pyrrole nitrogens is 1. The summed E-state index contributed by atoms with van der Waals surface area (Å²) in [5.41, 5.74) is -0.553. The summed E-state index contributed by atoms with van der Waals surface area (Å²) in [6.45, 7) is -0.504. The van der Waals surface area contributed by atoms with Crippen molar-refractivity contribution in [2.45, 2.75) is 24.4 Å². The van der Waals surface area contributed by atoms with Gasteiger partial charge in [-0.1, -0.05) is 0 Å². The van der Waals surface area contributed by atoms with E-state index < -0.39 is 42.4 Å². The quantitative estimate of drug-likeness (QED) is 0.577. The maximum Gasteiger partial charge on any atom is 0.255 e. The van der Waals surface area contributed by atoms with Crippen molar-refractivity contribution < 1.29 is 24.4 Å². The molecule has 3 rings (SSSR count). The molecule has 0 amide bonds. The van der Waals surface area contributed by atoms with Gasteiger partial charge < -0.3 is 25.0 Å². The van der Waals surface area contributed by atoms with Gasteiger partial charge in [0, 0.05) is 11.8 Å². The molecule has 1 aliphatic heterocycles. The molecule has 1 fully saturated rings. The lowest BCUT2D eigenvalue weighted by molar-refractivity contribution is -0.0231. The summed E-state index contributed by atoms with van der Waals surface area (Å²) in [5.74, 6) is -0.579. The maximum absolute atomic E-state index is 13.7. The van der Waals surface area contributed by atoms with Gasteiger partial charge in [-0.25, -0.2) is 9.37 Å². The Morgan fingerprint density at radius 2 is 2.14 bits per heavy atom. The Morgan fingerprint density at radius 1 is 1.38 bits per heavy atom. The van der Waals surface area contributed by atoms with E-state index in [1.165, 1.54) is 12.3 Å². The molecule has 0 spiro atoms. The number of aliphatic hydroxyl groups is 3. The normalized spacial score (nSPS) is 29.1. The van der Waals surface area contributed by atoms with E-state index in [9.17, 15) is 19.4 Å². The fraction of sp³-hybridized carbons (Fsp3) is 0.385. The second-order valence-electron chi connectivity index (χ2n) is 4.87. The minimum atomic E-state index is -1.39. The van der Waals surface area contributed by atoms with Crippen molar-refractivity contribution in [3.63, 3.8) is 0 Å². The van der Waals surface area contributed by atoms with Crippen LogP contribution in [-0.2, 0) is 4.74 Å². The summed E-state index contributed by atoms with van der Waals surface area (Å²) < 4.78 is 19.0. The van der Waals surface area contributed by atoms with E-state index in [2.05, 4.69) is 9.97 Å². The number of nitrogens with one attached hydrogen (secondary N) is 1. The first kappa shape index (κ1) is 14.1. The first-order valence-corrected chi connectivity index (χ1v) is 6.33. The lowest BCUT2D eigenvalue weighted by Crippen LogP contribution is -2.33. The standard InChI is InChI=1S/C13H13FN2O5/c14-7-1-2-15-12-5(7)3-6(13(20)16-12)11-10(19)9(18)8(4-17)21-11/h1-3,8-11,17-19H,4H2,(H,15,16,20)/t8-,9?,10?,11+/m1/s1. The molecule has 4 atom stereocenters. The first-order valence-electron chi connectivity index (χ1n) is 6.33. The number of hydrogen-bond acceptors (Lipinski definition) is 6. The van der Waals surface area contributed by atoms with Crippen molar-refractivity contribution in [1.82, 2.24) is 9.97 Å². The highest BCUT2D eigenvalue weighted by Crippen LogP contribution is 2.32. The average molecular weight is 296 g/mol. The van der Waals surface area contributed by atoms with E-state index in [0.717, 1.165) is 6.07 Å². The van der Waals surface area contributed by atoms with Gasteiger partial charge in [0.1, 0.15) is 35.9 Å². The Balaban J connectivity index is 2.11. The van der Waals surface area contributed by atoms with Gasteiger partial charge in [0.05, 0.1) is 12.0 Å². The fourth-order valence-corrected chi connectivity index (χ4v) is 2.46. The van der Waals surface area contributed by atoms with E-state index in [1.807, 2.05) is 0 Å². The van der Waals surface area contributed by atoms with Gasteiger partial charge in [-0.15, -0.1) is 0 Å². The van der Waals surface area contributed by atoms with Crippen LogP contribution in [0.25, 0.3) is 11.0 Å². The third-order valence-corrected chi connectivity index (χ3v) is 3.58. The average Bonchev–Trinajstić information content (AvgIpc) is 2.75. The Labute approximate surface area is 117 Å². The van der Waals surface area contributed by atoms with Crippen molar-refractivity contribution in [3.05, 3.63) is 40.1 Å². The summed E-state index contributed by atoms with van der Waals surface area (Å²) in [5, 5.41) is 28.8. The maximum atomic E-state index is 13.7. The molecule has 0 bridgehead atoms. The number of ether oxygens (including phenoxy) is 1. The SMILES string of the molecule is O=c1[nH]c2nccc(F)c2cc1[C@@H]1O[C@H](CO)C(O)C1O. The van der Waals surface area contributed by atoms with Crippen LogP contribution in [0, 0.1) is 5.82 Å². The van der Waals surface area contributed by atoms with Crippen LogP contribution < -0.4 is 5.56 Å². The number of aliphatic hydroxyl groups excluding tert-OH is 3. The van der Waals surface area contributed by atoms with Crippen LogP contribution in [0.3, 0.4) is 0 Å². The Kier molecular flexibility index (Phi) is 3.46. The van der Waals surface area contributed by atoms with Crippen LogP contribution in [-0.4, -0.2) is 50.2 Å². The Morgan fingerprint density at radius 3 is 2.81 bits per heavy atom. The highest BCUT2D eigenvalue weighted by molar-refractivity contribution is 5.75. The van der Waals surface area contributed by atoms with Crippen molar-refractivity contribution >= 4 is 11.0 Å². The van der Waals surface area contributed by atoms with Gasteiger partial charge in [0.25, 0.3) is 5.56 Å². The molecule has 0 saturated carbocycles. The zero-order valence-electron chi connectivity index (χ0n) is 10.7. The van der Waals surface area contributed by atoms with Crippen LogP contribution in [0.4, 0.5) is 4.39 Å². The highest BCUT2D eigenvalue weighted by atomic mass is 19.1. The molecule has 3 heterocycles. The van der Waals surface area contributed by atoms with E-state index in [-0.39, 0.29) is 16.6 Å². The van der Waals surface area contributed by atoms with Crippen molar-refractivity contribution in [2.24, 2.45) is 0 Å². The number of aromatic nitrogens is 2. The van der Waals surface area contributed by atoms with E-state index in [4.69, 9.17) is 9.84 Å². The highest BCUT2D eigenvalue weighted by Gasteiger charge is 2.44. The van der Waals surface area contributed by atoms with Gasteiger partial charge in [-0.3, -0.25) is 4.79 Å². The molecule has 2 unspecified atom stereocenters. The van der Waals surface area contributed by atoms with E-state index in [1.54, 1.807) is 0 Å². The van der Waals surface area contributed by atoms with Crippen LogP contribution in [0.5, 0.6) is 0 Å². The van der Waals surface area contributed by atoms with Crippen LogP contribution >= 0.6 is 0 Å². The zero-order chi connectivity index (χ0) is 15.1. The fourth-order valence-electron chi connectivity index (χ4n) is 2.46. The minimum absolute atomic E-state index is 0.0306. The molecule has 1 saturated heterocycles. The zero-order valence-corrected chi connectivity index (χ0v) is 10.7. The van der Waals surface area contributed by atoms with Crippen LogP contribution in [0.15, 0.2) is 23.1 Å². The molecular weight excluding hydrogens is 283 g/mol. The van der Waals surface area contributed by atoms with Crippen LogP contribution in [0.2, 0.25) is 0 Å². The molecule has 2 aromatic rings. The second-order valence-corrected chi connectivity index (χ2v) is 4.87. The molecule has 7 nitrogen and oxygen atoms in total. The molecule has 0 aromatic carbocycles. The monoisotopic (exact) mass is 296 g/mol. The Hall–Kier alpha value is -1.87. The first-order chi connectivity index (χ1) is 10.0. The van der Waals surface area contributed by atoms with Gasteiger partial charge in [-0.05, 0) is 12.1 Å². The molecule has 0 radical (unpaired) electrons. The predicted molar refractivity (Wildman–Crippen MR) is 69.0 cm³/mol. The molecule has 0 aliphatic carbocycles.